The van der Waals surface area contributed by atoms with Gasteiger partial charge in [-0.3, -0.25) is 4.79 Å². The molecule has 144 valence electrons. The number of anilines is 4. The number of halogens is 2. The predicted octanol–water partition coefficient (Wildman–Crippen LogP) is 6.20. The SMILES string of the molecule is N#C/C(=C/Nc1ccc(Nc2ccccc2)cc1)C(=O)Nc1ccc(Cl)c(Cl)c1. The Morgan fingerprint density at radius 2 is 1.45 bits per heavy atom. The Bertz CT molecular complexity index is 1070. The fourth-order valence-corrected chi connectivity index (χ4v) is 2.71. The van der Waals surface area contributed by atoms with E-state index in [1.54, 1.807) is 12.1 Å². The summed E-state index contributed by atoms with van der Waals surface area (Å²) in [5, 5.41) is 18.8. The molecule has 0 saturated carbocycles. The number of nitriles is 1. The number of rotatable bonds is 6. The summed E-state index contributed by atoms with van der Waals surface area (Å²) >= 11 is 11.8. The number of nitrogens with zero attached hydrogens (tertiary/aromatic N) is 1. The lowest BCUT2D eigenvalue weighted by atomic mass is 10.2. The summed E-state index contributed by atoms with van der Waals surface area (Å²) < 4.78 is 0. The summed E-state index contributed by atoms with van der Waals surface area (Å²) in [4.78, 5) is 12.3. The van der Waals surface area contributed by atoms with Crippen molar-refractivity contribution in [3.05, 3.63) is 94.6 Å². The van der Waals surface area contributed by atoms with Crippen LogP contribution in [-0.2, 0) is 4.79 Å². The molecule has 0 aromatic heterocycles. The summed E-state index contributed by atoms with van der Waals surface area (Å²) in [6.07, 6.45) is 1.35. The number of hydrogen-bond acceptors (Lipinski definition) is 4. The zero-order valence-corrected chi connectivity index (χ0v) is 16.6. The van der Waals surface area contributed by atoms with Crippen molar-refractivity contribution in [1.82, 2.24) is 0 Å². The number of carbonyl (C=O) groups excluding carboxylic acids is 1. The van der Waals surface area contributed by atoms with Crippen LogP contribution in [0.5, 0.6) is 0 Å². The predicted molar refractivity (Wildman–Crippen MR) is 119 cm³/mol. The van der Waals surface area contributed by atoms with E-state index in [2.05, 4.69) is 16.0 Å². The van der Waals surface area contributed by atoms with Gasteiger partial charge in [-0.2, -0.15) is 5.26 Å². The van der Waals surface area contributed by atoms with Crippen LogP contribution in [0.4, 0.5) is 22.7 Å². The molecule has 0 aliphatic carbocycles. The average molecular weight is 423 g/mol. The maximum Gasteiger partial charge on any atom is 0.267 e. The molecule has 5 nitrogen and oxygen atoms in total. The maximum absolute atomic E-state index is 12.3. The fraction of sp³-hybridized carbons (Fsp3) is 0. The summed E-state index contributed by atoms with van der Waals surface area (Å²) in [5.74, 6) is -0.555. The lowest BCUT2D eigenvalue weighted by Crippen LogP contribution is -2.14. The number of carbonyl (C=O) groups is 1. The Hall–Kier alpha value is -3.46. The molecule has 0 unspecified atom stereocenters. The summed E-state index contributed by atoms with van der Waals surface area (Å²) in [5.41, 5.74) is 3.01. The molecule has 0 fully saturated rings. The van der Waals surface area contributed by atoms with E-state index in [-0.39, 0.29) is 5.57 Å². The van der Waals surface area contributed by atoms with E-state index in [9.17, 15) is 10.1 Å². The second-order valence-corrected chi connectivity index (χ2v) is 6.78. The van der Waals surface area contributed by atoms with Gasteiger partial charge in [0.1, 0.15) is 11.6 Å². The highest BCUT2D eigenvalue weighted by Gasteiger charge is 2.10. The first-order valence-corrected chi connectivity index (χ1v) is 9.36. The van der Waals surface area contributed by atoms with Crippen LogP contribution in [0.1, 0.15) is 0 Å². The minimum absolute atomic E-state index is 0.0810. The third-order valence-corrected chi connectivity index (χ3v) is 4.61. The number of amides is 1. The maximum atomic E-state index is 12.3. The van der Waals surface area contributed by atoms with Gasteiger partial charge in [0.2, 0.25) is 0 Å². The van der Waals surface area contributed by atoms with Gasteiger partial charge in [-0.25, -0.2) is 0 Å². The topological polar surface area (TPSA) is 77.0 Å². The van der Waals surface area contributed by atoms with Crippen LogP contribution in [0.15, 0.2) is 84.6 Å². The zero-order valence-electron chi connectivity index (χ0n) is 15.1. The van der Waals surface area contributed by atoms with Gasteiger partial charge < -0.3 is 16.0 Å². The Labute approximate surface area is 178 Å². The van der Waals surface area contributed by atoms with Gasteiger partial charge >= 0.3 is 0 Å². The second kappa shape index (κ2) is 9.65. The molecule has 0 bridgehead atoms. The van der Waals surface area contributed by atoms with Crippen LogP contribution in [0.25, 0.3) is 0 Å². The van der Waals surface area contributed by atoms with E-state index in [0.717, 1.165) is 17.1 Å². The average Bonchev–Trinajstić information content (AvgIpc) is 2.73. The monoisotopic (exact) mass is 422 g/mol. The Kier molecular flexibility index (Phi) is 6.75. The first kappa shape index (κ1) is 20.3. The zero-order chi connectivity index (χ0) is 20.6. The van der Waals surface area contributed by atoms with Crippen molar-refractivity contribution in [3.8, 4) is 6.07 Å². The van der Waals surface area contributed by atoms with E-state index in [1.807, 2.05) is 60.7 Å². The lowest BCUT2D eigenvalue weighted by molar-refractivity contribution is -0.112. The van der Waals surface area contributed by atoms with Gasteiger partial charge in [0.05, 0.1) is 10.0 Å². The molecule has 0 atom stereocenters. The molecular formula is C22H16Cl2N4O. The Morgan fingerprint density at radius 1 is 0.828 bits per heavy atom. The second-order valence-electron chi connectivity index (χ2n) is 5.97. The highest BCUT2D eigenvalue weighted by atomic mass is 35.5. The van der Waals surface area contributed by atoms with Crippen LogP contribution in [0, 0.1) is 11.3 Å². The number of nitrogens with one attached hydrogen (secondary N) is 3. The smallest absolute Gasteiger partial charge is 0.267 e. The van der Waals surface area contributed by atoms with Gasteiger partial charge in [0, 0.05) is 28.9 Å². The molecule has 29 heavy (non-hydrogen) atoms. The van der Waals surface area contributed by atoms with E-state index in [0.29, 0.717) is 15.7 Å². The van der Waals surface area contributed by atoms with Crippen molar-refractivity contribution in [3.63, 3.8) is 0 Å². The van der Waals surface area contributed by atoms with Crippen molar-refractivity contribution in [1.29, 1.82) is 5.26 Å². The number of benzene rings is 3. The van der Waals surface area contributed by atoms with Crippen LogP contribution < -0.4 is 16.0 Å². The largest absolute Gasteiger partial charge is 0.360 e. The van der Waals surface area contributed by atoms with Crippen molar-refractivity contribution in [2.24, 2.45) is 0 Å². The van der Waals surface area contributed by atoms with E-state index >= 15 is 0 Å². The number of para-hydroxylation sites is 1. The van der Waals surface area contributed by atoms with Crippen molar-refractivity contribution in [2.45, 2.75) is 0 Å². The molecule has 1 amide bonds. The molecule has 7 heteroatoms. The molecule has 0 saturated heterocycles. The Morgan fingerprint density at radius 3 is 2.10 bits per heavy atom. The molecule has 0 heterocycles. The molecule has 3 N–H and O–H groups in total. The molecule has 3 rings (SSSR count). The minimum atomic E-state index is -0.555. The van der Waals surface area contributed by atoms with Crippen LogP contribution in [-0.4, -0.2) is 5.91 Å². The minimum Gasteiger partial charge on any atom is -0.360 e. The molecule has 0 aliphatic rings. The molecule has 3 aromatic carbocycles. The molecule has 0 aliphatic heterocycles. The van der Waals surface area contributed by atoms with Crippen molar-refractivity contribution >= 4 is 51.9 Å². The van der Waals surface area contributed by atoms with Crippen LogP contribution in [0.2, 0.25) is 10.0 Å². The van der Waals surface area contributed by atoms with E-state index < -0.39 is 5.91 Å². The summed E-state index contributed by atoms with van der Waals surface area (Å²) in [6, 6.07) is 23.8. The number of hydrogen-bond donors (Lipinski definition) is 3. The molecule has 0 spiro atoms. The van der Waals surface area contributed by atoms with E-state index in [1.165, 1.54) is 12.3 Å². The summed E-state index contributed by atoms with van der Waals surface area (Å²) in [6.45, 7) is 0. The highest BCUT2D eigenvalue weighted by Crippen LogP contribution is 2.25. The van der Waals surface area contributed by atoms with Gasteiger partial charge in [0.15, 0.2) is 0 Å². The third kappa shape index (κ3) is 5.76. The van der Waals surface area contributed by atoms with Crippen molar-refractivity contribution in [2.75, 3.05) is 16.0 Å². The third-order valence-electron chi connectivity index (χ3n) is 3.87. The van der Waals surface area contributed by atoms with Gasteiger partial charge in [0.25, 0.3) is 5.91 Å². The van der Waals surface area contributed by atoms with Gasteiger partial charge in [-0.15, -0.1) is 0 Å². The van der Waals surface area contributed by atoms with Crippen LogP contribution in [0.3, 0.4) is 0 Å². The molecule has 3 aromatic rings. The quantitative estimate of drug-likeness (QED) is 0.326. The summed E-state index contributed by atoms with van der Waals surface area (Å²) in [7, 11) is 0. The standard InChI is InChI=1S/C22H16Cl2N4O/c23-20-11-10-19(12-21(20)24)28-22(29)15(13-25)14-26-16-6-8-18(9-7-16)27-17-4-2-1-3-5-17/h1-12,14,26-27H,(H,28,29)/b15-14-. The first-order chi connectivity index (χ1) is 14.0. The fourth-order valence-electron chi connectivity index (χ4n) is 2.41. The van der Waals surface area contributed by atoms with E-state index in [4.69, 9.17) is 23.2 Å². The van der Waals surface area contributed by atoms with Crippen LogP contribution >= 0.6 is 23.2 Å². The normalized spacial score (nSPS) is 10.7. The first-order valence-electron chi connectivity index (χ1n) is 8.60. The van der Waals surface area contributed by atoms with Crippen molar-refractivity contribution < 1.29 is 4.79 Å². The highest BCUT2D eigenvalue weighted by molar-refractivity contribution is 6.42. The van der Waals surface area contributed by atoms with Gasteiger partial charge in [-0.05, 0) is 54.6 Å². The lowest BCUT2D eigenvalue weighted by Gasteiger charge is -2.08. The Balaban J connectivity index is 1.63. The molecule has 0 radical (unpaired) electrons. The van der Waals surface area contributed by atoms with Gasteiger partial charge in [-0.1, -0.05) is 41.4 Å². The molecular weight excluding hydrogens is 407 g/mol.